The molecular weight excluding hydrogens is 542 g/mol. The van der Waals surface area contributed by atoms with Gasteiger partial charge in [0, 0.05) is 36.5 Å². The highest BCUT2D eigenvalue weighted by molar-refractivity contribution is 6.01. The maximum Gasteiger partial charge on any atom is 0.252 e. The Morgan fingerprint density at radius 2 is 1.79 bits per heavy atom. The van der Waals surface area contributed by atoms with Crippen molar-refractivity contribution in [2.75, 3.05) is 19.8 Å². The van der Waals surface area contributed by atoms with E-state index in [0.29, 0.717) is 43.6 Å². The second kappa shape index (κ2) is 14.7. The summed E-state index contributed by atoms with van der Waals surface area (Å²) < 4.78 is 12.4. The van der Waals surface area contributed by atoms with Crippen LogP contribution in [0.2, 0.25) is 0 Å². The Bertz CT molecular complexity index is 1430. The van der Waals surface area contributed by atoms with E-state index in [1.54, 1.807) is 0 Å². The van der Waals surface area contributed by atoms with Gasteiger partial charge >= 0.3 is 0 Å². The van der Waals surface area contributed by atoms with Gasteiger partial charge in [0.2, 0.25) is 5.90 Å². The first kappa shape index (κ1) is 30.1. The largest absolute Gasteiger partial charge is 0.494 e. The zero-order chi connectivity index (χ0) is 29.9. The van der Waals surface area contributed by atoms with Crippen LogP contribution in [-0.4, -0.2) is 42.2 Å². The van der Waals surface area contributed by atoms with E-state index in [1.807, 2.05) is 78.9 Å². The topological polar surface area (TPSA) is 129 Å². The van der Waals surface area contributed by atoms with Crippen LogP contribution in [-0.2, 0) is 22.5 Å². The molecule has 3 aromatic rings. The Morgan fingerprint density at radius 3 is 2.53 bits per heavy atom. The van der Waals surface area contributed by atoms with Crippen LogP contribution >= 0.6 is 0 Å². The number of carbonyl (C=O) groups excluding carboxylic acids is 1. The van der Waals surface area contributed by atoms with Crippen molar-refractivity contribution in [3.8, 4) is 5.75 Å². The molecule has 1 aliphatic heterocycles. The predicted molar refractivity (Wildman–Crippen MR) is 166 cm³/mol. The van der Waals surface area contributed by atoms with Crippen molar-refractivity contribution in [1.29, 1.82) is 0 Å². The van der Waals surface area contributed by atoms with Crippen molar-refractivity contribution in [2.24, 2.45) is 16.0 Å². The van der Waals surface area contributed by atoms with Crippen molar-refractivity contribution in [1.82, 2.24) is 5.32 Å². The lowest BCUT2D eigenvalue weighted by Crippen LogP contribution is -2.51. The van der Waals surface area contributed by atoms with Crippen LogP contribution in [0.3, 0.4) is 0 Å². The van der Waals surface area contributed by atoms with Gasteiger partial charge in [-0.15, -0.1) is 0 Å². The molecule has 2 aliphatic rings. The highest BCUT2D eigenvalue weighted by Crippen LogP contribution is 2.44. The number of amides is 1. The molecule has 0 aromatic heterocycles. The first-order chi connectivity index (χ1) is 21.1. The van der Waals surface area contributed by atoms with Crippen molar-refractivity contribution in [2.45, 2.75) is 63.1 Å². The van der Waals surface area contributed by atoms with Crippen LogP contribution < -0.4 is 10.1 Å². The Kier molecular flexibility index (Phi) is 10.3. The third-order valence-electron chi connectivity index (χ3n) is 8.26. The van der Waals surface area contributed by atoms with Gasteiger partial charge in [-0.05, 0) is 65.2 Å². The first-order valence-electron chi connectivity index (χ1n) is 15.1. The molecule has 1 amide bonds. The summed E-state index contributed by atoms with van der Waals surface area (Å²) in [5.41, 5.74) is 11.0. The summed E-state index contributed by atoms with van der Waals surface area (Å²) in [4.78, 5) is 22.6. The number of ether oxygens (including phenoxy) is 2. The second-order valence-electron chi connectivity index (χ2n) is 11.3. The third-order valence-corrected chi connectivity index (χ3v) is 8.26. The normalized spacial score (nSPS) is 20.0. The fourth-order valence-corrected chi connectivity index (χ4v) is 5.99. The molecule has 1 aliphatic carbocycles. The van der Waals surface area contributed by atoms with E-state index in [-0.39, 0.29) is 19.1 Å². The molecule has 1 saturated carbocycles. The highest BCUT2D eigenvalue weighted by atomic mass is 16.5. The van der Waals surface area contributed by atoms with Gasteiger partial charge < -0.3 is 19.9 Å². The SMILES string of the molecule is [N-]=[N+]=NCc1ccccc1[C@H]1OC(c2ccc(OCCCO)cc2)=N[C@@]1(Cc1ccccc1)C(=O)NCC1CCCCC1. The average molecular weight is 582 g/mol. The molecule has 0 spiro atoms. The fourth-order valence-electron chi connectivity index (χ4n) is 5.99. The highest BCUT2D eigenvalue weighted by Gasteiger charge is 2.53. The third kappa shape index (κ3) is 7.37. The van der Waals surface area contributed by atoms with Crippen LogP contribution in [0.25, 0.3) is 10.4 Å². The van der Waals surface area contributed by atoms with Gasteiger partial charge in [0.15, 0.2) is 11.6 Å². The van der Waals surface area contributed by atoms with Crippen molar-refractivity contribution in [3.05, 3.63) is 112 Å². The Labute approximate surface area is 252 Å². The molecule has 9 heteroatoms. The predicted octanol–water partition coefficient (Wildman–Crippen LogP) is 6.45. The molecule has 3 aromatic carbocycles. The zero-order valence-corrected chi connectivity index (χ0v) is 24.4. The summed E-state index contributed by atoms with van der Waals surface area (Å²) in [5.74, 6) is 1.32. The number of aliphatic hydroxyl groups is 1. The zero-order valence-electron chi connectivity index (χ0n) is 24.4. The first-order valence-corrected chi connectivity index (χ1v) is 15.1. The average Bonchev–Trinajstić information content (AvgIpc) is 3.44. The van der Waals surface area contributed by atoms with E-state index in [0.717, 1.165) is 35.1 Å². The number of aliphatic imine (C=N–C) groups is 1. The summed E-state index contributed by atoms with van der Waals surface area (Å²) in [7, 11) is 0. The molecule has 2 atom stereocenters. The van der Waals surface area contributed by atoms with Gasteiger partial charge in [0.05, 0.1) is 13.2 Å². The minimum Gasteiger partial charge on any atom is -0.494 e. The lowest BCUT2D eigenvalue weighted by molar-refractivity contribution is -0.129. The lowest BCUT2D eigenvalue weighted by atomic mass is 9.80. The van der Waals surface area contributed by atoms with Crippen molar-refractivity contribution >= 4 is 11.8 Å². The molecule has 0 radical (unpaired) electrons. The summed E-state index contributed by atoms with van der Waals surface area (Å²) in [6, 6.07) is 24.9. The van der Waals surface area contributed by atoms with E-state index in [4.69, 9.17) is 25.1 Å². The van der Waals surface area contributed by atoms with Gasteiger partial charge in [-0.25, -0.2) is 4.99 Å². The maximum atomic E-state index is 14.5. The summed E-state index contributed by atoms with van der Waals surface area (Å²) in [6.07, 6.45) is 5.98. The number of hydrogen-bond acceptors (Lipinski definition) is 6. The molecule has 43 heavy (non-hydrogen) atoms. The lowest BCUT2D eigenvalue weighted by Gasteiger charge is -2.32. The Hall–Kier alpha value is -4.33. The monoisotopic (exact) mass is 581 g/mol. The number of nitrogens with zero attached hydrogens (tertiary/aromatic N) is 4. The number of nitrogens with one attached hydrogen (secondary N) is 1. The van der Waals surface area contributed by atoms with Crippen LogP contribution in [0.15, 0.2) is 89.0 Å². The van der Waals surface area contributed by atoms with Crippen LogP contribution in [0.5, 0.6) is 5.75 Å². The summed E-state index contributed by atoms with van der Waals surface area (Å²) in [5, 5.41) is 16.2. The molecule has 1 heterocycles. The number of azide groups is 1. The molecule has 0 bridgehead atoms. The molecule has 2 N–H and O–H groups in total. The standard InChI is InChI=1S/C34H39N5O4/c35-39-37-24-28-14-7-8-15-30(28)31-34(22-25-10-3-1-4-11-25,33(41)36-23-26-12-5-2-6-13-26)38-32(43-31)27-16-18-29(19-17-27)42-21-9-20-40/h1,3-4,7-8,10-11,14-19,26,31,40H,2,5-6,9,12-13,20-24H2,(H,36,41)/t31-,34-/m1/s1. The van der Waals surface area contributed by atoms with Crippen molar-refractivity contribution in [3.63, 3.8) is 0 Å². The van der Waals surface area contributed by atoms with Gasteiger partial charge in [0.25, 0.3) is 5.91 Å². The van der Waals surface area contributed by atoms with Gasteiger partial charge in [0.1, 0.15) is 5.75 Å². The number of hydrogen-bond donors (Lipinski definition) is 2. The molecule has 224 valence electrons. The van der Waals surface area contributed by atoms with E-state index in [1.165, 1.54) is 19.3 Å². The molecule has 1 fully saturated rings. The number of benzene rings is 3. The van der Waals surface area contributed by atoms with Crippen molar-refractivity contribution < 1.29 is 19.4 Å². The smallest absolute Gasteiger partial charge is 0.252 e. The number of carbonyl (C=O) groups is 1. The van der Waals surface area contributed by atoms with Gasteiger partial charge in [-0.1, -0.05) is 79.0 Å². The number of rotatable bonds is 13. The fraction of sp³-hybridized carbons (Fsp3) is 0.412. The van der Waals surface area contributed by atoms with E-state index >= 15 is 0 Å². The van der Waals surface area contributed by atoms with E-state index in [9.17, 15) is 4.79 Å². The van der Waals surface area contributed by atoms with Crippen LogP contribution in [0.4, 0.5) is 0 Å². The Balaban J connectivity index is 1.56. The van der Waals surface area contributed by atoms with Crippen LogP contribution in [0, 0.1) is 5.92 Å². The maximum absolute atomic E-state index is 14.5. The summed E-state index contributed by atoms with van der Waals surface area (Å²) >= 11 is 0. The quantitative estimate of drug-likeness (QED) is 0.104. The molecule has 0 saturated heterocycles. The summed E-state index contributed by atoms with van der Waals surface area (Å²) in [6.45, 7) is 1.22. The van der Waals surface area contributed by atoms with E-state index < -0.39 is 11.6 Å². The van der Waals surface area contributed by atoms with Crippen LogP contribution in [0.1, 0.15) is 66.9 Å². The molecule has 9 nitrogen and oxygen atoms in total. The molecular formula is C34H39N5O4. The van der Waals surface area contributed by atoms with E-state index in [2.05, 4.69) is 15.3 Å². The minimum absolute atomic E-state index is 0.0670. The molecule has 0 unspecified atom stereocenters. The van der Waals surface area contributed by atoms with Gasteiger partial charge in [-0.3, -0.25) is 4.79 Å². The Morgan fingerprint density at radius 1 is 1.05 bits per heavy atom. The minimum atomic E-state index is -1.30. The number of aliphatic hydroxyl groups excluding tert-OH is 1. The van der Waals surface area contributed by atoms with Gasteiger partial charge in [-0.2, -0.15) is 0 Å². The second-order valence-corrected chi connectivity index (χ2v) is 11.3. The molecule has 5 rings (SSSR count).